The molecule has 4 aromatic rings. The first-order valence-electron chi connectivity index (χ1n) is 13.0. The van der Waals surface area contributed by atoms with E-state index in [0.29, 0.717) is 24.5 Å². The minimum absolute atomic E-state index is 0.0234. The van der Waals surface area contributed by atoms with E-state index in [9.17, 15) is 18.0 Å². The van der Waals surface area contributed by atoms with Crippen LogP contribution in [0.5, 0.6) is 5.75 Å². The zero-order valence-electron chi connectivity index (χ0n) is 21.9. The molecule has 0 radical (unpaired) electrons. The summed E-state index contributed by atoms with van der Waals surface area (Å²) in [6.45, 7) is 0. The van der Waals surface area contributed by atoms with E-state index in [2.05, 4.69) is 15.4 Å². The third-order valence-corrected chi connectivity index (χ3v) is 10.0. The maximum absolute atomic E-state index is 12.8. The van der Waals surface area contributed by atoms with Crippen LogP contribution in [0, 0.1) is 5.92 Å². The molecule has 7 nitrogen and oxygen atoms in total. The van der Waals surface area contributed by atoms with E-state index in [4.69, 9.17) is 16.3 Å². The molecule has 0 spiro atoms. The van der Waals surface area contributed by atoms with Crippen molar-refractivity contribution in [1.82, 2.24) is 4.72 Å². The van der Waals surface area contributed by atoms with Gasteiger partial charge in [0, 0.05) is 28.8 Å². The number of ether oxygens (including phenoxy) is 1. The Kier molecular flexibility index (Phi) is 8.44. The summed E-state index contributed by atoms with van der Waals surface area (Å²) < 4.78 is 34.1. The smallest absolute Gasteiger partial charge is 0.265 e. The highest BCUT2D eigenvalue weighted by molar-refractivity contribution is 7.90. The van der Waals surface area contributed by atoms with Crippen LogP contribution in [-0.2, 0) is 21.2 Å². The second-order valence-electron chi connectivity index (χ2n) is 9.94. The van der Waals surface area contributed by atoms with Crippen molar-refractivity contribution in [2.45, 2.75) is 43.4 Å². The lowest BCUT2D eigenvalue weighted by Gasteiger charge is -2.12. The highest BCUT2D eigenvalue weighted by Gasteiger charge is 2.22. The van der Waals surface area contributed by atoms with Crippen LogP contribution in [-0.4, -0.2) is 27.3 Å². The molecule has 0 unspecified atom stereocenters. The summed E-state index contributed by atoms with van der Waals surface area (Å²) in [6, 6.07) is 16.7. The van der Waals surface area contributed by atoms with Gasteiger partial charge in [-0.05, 0) is 83.1 Å². The molecule has 1 heterocycles. The Bertz CT molecular complexity index is 1680. The number of amides is 2. The Morgan fingerprint density at radius 1 is 1.02 bits per heavy atom. The maximum atomic E-state index is 12.8. The van der Waals surface area contributed by atoms with Crippen molar-refractivity contribution >= 4 is 60.5 Å². The van der Waals surface area contributed by atoms with Crippen molar-refractivity contribution in [2.75, 3.05) is 12.4 Å². The molecular formula is C30H29ClN2O5S2. The summed E-state index contributed by atoms with van der Waals surface area (Å²) in [5.74, 6) is 0.205. The van der Waals surface area contributed by atoms with Gasteiger partial charge in [0.2, 0.25) is 5.91 Å². The number of anilines is 1. The highest BCUT2D eigenvalue weighted by Crippen LogP contribution is 2.33. The van der Waals surface area contributed by atoms with Crippen LogP contribution in [0.25, 0.3) is 10.1 Å². The first kappa shape index (κ1) is 28.1. The van der Waals surface area contributed by atoms with Crippen molar-refractivity contribution in [2.24, 2.45) is 5.92 Å². The molecule has 1 saturated carbocycles. The molecule has 1 aromatic heterocycles. The van der Waals surface area contributed by atoms with E-state index in [1.807, 2.05) is 18.2 Å². The number of hydrogen-bond donors (Lipinski definition) is 2. The van der Waals surface area contributed by atoms with Crippen molar-refractivity contribution in [3.63, 3.8) is 0 Å². The molecule has 40 heavy (non-hydrogen) atoms. The number of thiophene rings is 1. The number of nitrogens with one attached hydrogen (secondary N) is 2. The first-order valence-corrected chi connectivity index (χ1v) is 15.8. The largest absolute Gasteiger partial charge is 0.496 e. The van der Waals surface area contributed by atoms with Gasteiger partial charge in [0.25, 0.3) is 15.9 Å². The molecule has 208 valence electrons. The molecule has 1 aliphatic carbocycles. The molecule has 0 aliphatic heterocycles. The van der Waals surface area contributed by atoms with Gasteiger partial charge < -0.3 is 10.1 Å². The third kappa shape index (κ3) is 6.32. The van der Waals surface area contributed by atoms with Crippen LogP contribution in [0.4, 0.5) is 5.69 Å². The van der Waals surface area contributed by atoms with Gasteiger partial charge in [-0.25, -0.2) is 13.1 Å². The van der Waals surface area contributed by atoms with Gasteiger partial charge in [-0.3, -0.25) is 9.59 Å². The predicted molar refractivity (Wildman–Crippen MR) is 159 cm³/mol. The molecule has 2 amide bonds. The van der Waals surface area contributed by atoms with Crippen LogP contribution in [0.2, 0.25) is 5.02 Å². The number of sulfonamides is 1. The van der Waals surface area contributed by atoms with Crippen LogP contribution < -0.4 is 14.8 Å². The summed E-state index contributed by atoms with van der Waals surface area (Å²) >= 11 is 7.63. The molecule has 0 saturated heterocycles. The van der Waals surface area contributed by atoms with Crippen molar-refractivity contribution in [3.8, 4) is 5.75 Å². The number of benzene rings is 3. The molecular weight excluding hydrogens is 568 g/mol. The lowest BCUT2D eigenvalue weighted by atomic mass is 10.0. The minimum Gasteiger partial charge on any atom is -0.496 e. The van der Waals surface area contributed by atoms with E-state index < -0.39 is 15.9 Å². The number of halogens is 1. The Labute approximate surface area is 242 Å². The fourth-order valence-corrected chi connectivity index (χ4v) is 7.56. The minimum atomic E-state index is -4.15. The van der Waals surface area contributed by atoms with E-state index in [0.717, 1.165) is 39.7 Å². The van der Waals surface area contributed by atoms with Crippen LogP contribution in [0.1, 0.15) is 53.6 Å². The fourth-order valence-electron chi connectivity index (χ4n) is 5.12. The number of methoxy groups -OCH3 is 1. The number of carbonyl (C=O) groups is 2. The van der Waals surface area contributed by atoms with Crippen molar-refractivity contribution < 1.29 is 22.7 Å². The molecule has 0 atom stereocenters. The Hall–Kier alpha value is -3.40. The van der Waals surface area contributed by atoms with Gasteiger partial charge in [0.1, 0.15) is 10.6 Å². The number of hydrogen-bond acceptors (Lipinski definition) is 6. The topological polar surface area (TPSA) is 102 Å². The Morgan fingerprint density at radius 2 is 1.80 bits per heavy atom. The van der Waals surface area contributed by atoms with E-state index in [1.165, 1.54) is 44.2 Å². The molecule has 5 rings (SSSR count). The normalized spacial score (nSPS) is 13.8. The molecule has 1 aliphatic rings. The monoisotopic (exact) mass is 596 g/mol. The zero-order chi connectivity index (χ0) is 28.3. The van der Waals surface area contributed by atoms with E-state index in [1.54, 1.807) is 29.5 Å². The summed E-state index contributed by atoms with van der Waals surface area (Å²) in [6.07, 6.45) is 5.76. The second-order valence-corrected chi connectivity index (χ2v) is 12.9. The zero-order valence-corrected chi connectivity index (χ0v) is 24.3. The van der Waals surface area contributed by atoms with Gasteiger partial charge in [-0.15, -0.1) is 11.3 Å². The quantitative estimate of drug-likeness (QED) is 0.221. The second kappa shape index (κ2) is 12.0. The van der Waals surface area contributed by atoms with Crippen LogP contribution in [0.15, 0.2) is 70.9 Å². The van der Waals surface area contributed by atoms with Gasteiger partial charge in [-0.1, -0.05) is 42.6 Å². The Morgan fingerprint density at radius 3 is 2.55 bits per heavy atom. The molecule has 3 aromatic carbocycles. The number of rotatable bonds is 9. The average Bonchev–Trinajstić information content (AvgIpc) is 3.58. The number of carbonyl (C=O) groups excluding carboxylic acids is 2. The predicted octanol–water partition coefficient (Wildman–Crippen LogP) is 6.79. The molecule has 0 bridgehead atoms. The van der Waals surface area contributed by atoms with E-state index >= 15 is 0 Å². The lowest BCUT2D eigenvalue weighted by molar-refractivity contribution is -0.117. The summed E-state index contributed by atoms with van der Waals surface area (Å²) in [4.78, 5) is 25.2. The van der Waals surface area contributed by atoms with Gasteiger partial charge >= 0.3 is 0 Å². The first-order chi connectivity index (χ1) is 19.2. The standard InChI is InChI=1S/C30H29ClN2O5S2/c1-38-26-16-21(30(35)33-40(36,37)28-9-5-4-8-25(28)31)11-10-20(26)15-22-18-39-27-13-12-23(17-24(22)27)32-29(34)14-19-6-2-3-7-19/h4-5,8-13,16-19H,2-3,6-7,14-15H2,1H3,(H,32,34)(H,33,35). The van der Waals surface area contributed by atoms with Gasteiger partial charge in [0.15, 0.2) is 0 Å². The van der Waals surface area contributed by atoms with Crippen molar-refractivity contribution in [3.05, 3.63) is 87.8 Å². The van der Waals surface area contributed by atoms with Crippen LogP contribution in [0.3, 0.4) is 0 Å². The SMILES string of the molecule is COc1cc(C(=O)NS(=O)(=O)c2ccccc2Cl)ccc1Cc1csc2ccc(NC(=O)CC3CCCC3)cc12. The summed E-state index contributed by atoms with van der Waals surface area (Å²) in [5.41, 5.74) is 2.81. The average molecular weight is 597 g/mol. The Balaban J connectivity index is 1.32. The number of fused-ring (bicyclic) bond motifs is 1. The highest BCUT2D eigenvalue weighted by atomic mass is 35.5. The lowest BCUT2D eigenvalue weighted by Crippen LogP contribution is -2.30. The maximum Gasteiger partial charge on any atom is 0.265 e. The molecule has 10 heteroatoms. The van der Waals surface area contributed by atoms with Gasteiger partial charge in [0.05, 0.1) is 12.1 Å². The van der Waals surface area contributed by atoms with Gasteiger partial charge in [-0.2, -0.15) is 0 Å². The van der Waals surface area contributed by atoms with Crippen LogP contribution >= 0.6 is 22.9 Å². The third-order valence-electron chi connectivity index (χ3n) is 7.17. The summed E-state index contributed by atoms with van der Waals surface area (Å²) in [7, 11) is -2.65. The summed E-state index contributed by atoms with van der Waals surface area (Å²) in [5, 5.41) is 6.20. The molecule has 2 N–H and O–H groups in total. The van der Waals surface area contributed by atoms with E-state index in [-0.39, 0.29) is 21.4 Å². The van der Waals surface area contributed by atoms with Crippen molar-refractivity contribution in [1.29, 1.82) is 0 Å². The molecule has 1 fully saturated rings. The fraction of sp³-hybridized carbons (Fsp3) is 0.267.